The van der Waals surface area contributed by atoms with Crippen molar-refractivity contribution in [3.8, 4) is 0 Å². The van der Waals surface area contributed by atoms with Gasteiger partial charge in [0, 0.05) is 25.7 Å². The van der Waals surface area contributed by atoms with E-state index in [1.165, 1.54) is 43.1 Å². The lowest BCUT2D eigenvalue weighted by molar-refractivity contribution is -0.131. The summed E-state index contributed by atoms with van der Waals surface area (Å²) < 4.78 is 27.4. The minimum absolute atomic E-state index is 0.111. The molecule has 1 unspecified atom stereocenters. The quantitative estimate of drug-likeness (QED) is 0.511. The Morgan fingerprint density at radius 2 is 1.58 bits per heavy atom. The average molecular weight is 473 g/mol. The first-order chi connectivity index (χ1) is 15.5. The van der Waals surface area contributed by atoms with Gasteiger partial charge in [-0.1, -0.05) is 12.1 Å². The molecule has 1 aliphatic heterocycles. The highest BCUT2D eigenvalue weighted by atomic mass is 32.2. The number of primary amides is 1. The highest BCUT2D eigenvalue weighted by Crippen LogP contribution is 2.22. The Balaban J connectivity index is 1.54. The molecule has 1 atom stereocenters. The van der Waals surface area contributed by atoms with Gasteiger partial charge in [-0.25, -0.2) is 8.42 Å². The standard InChI is InChI=1S/C22H24N4O6S/c1-14(24-33(31,32)16-10-8-15(9-11-16)19(23)27)20(28)25(2)12-5-13-26-21(29)17-6-3-4-7-18(17)22(26)30/h3-4,6-11,14,24H,5,12-13H2,1-2H3,(H2,23,27). The van der Waals surface area contributed by atoms with Crippen LogP contribution in [0.15, 0.2) is 53.4 Å². The predicted octanol–water partition coefficient (Wildman–Crippen LogP) is 0.597. The SMILES string of the molecule is CC(NS(=O)(=O)c1ccc(C(N)=O)cc1)C(=O)N(C)CCCN1C(=O)c2ccccc2C1=O. The number of hydrogen-bond acceptors (Lipinski definition) is 6. The molecule has 0 fully saturated rings. The molecule has 0 saturated carbocycles. The van der Waals surface area contributed by atoms with Crippen molar-refractivity contribution in [3.63, 3.8) is 0 Å². The van der Waals surface area contributed by atoms with Crippen molar-refractivity contribution in [2.75, 3.05) is 20.1 Å². The van der Waals surface area contributed by atoms with Crippen LogP contribution in [0.2, 0.25) is 0 Å². The van der Waals surface area contributed by atoms with Gasteiger partial charge in [-0.2, -0.15) is 4.72 Å². The normalized spacial score (nSPS) is 14.2. The summed E-state index contributed by atoms with van der Waals surface area (Å²) in [6.45, 7) is 1.76. The lowest BCUT2D eigenvalue weighted by atomic mass is 10.1. The number of nitrogens with zero attached hydrogens (tertiary/aromatic N) is 2. The first-order valence-corrected chi connectivity index (χ1v) is 11.6. The third-order valence-corrected chi connectivity index (χ3v) is 6.84. The summed E-state index contributed by atoms with van der Waals surface area (Å²) in [6, 6.07) is 10.5. The van der Waals surface area contributed by atoms with Crippen LogP contribution in [0.5, 0.6) is 0 Å². The molecule has 0 bridgehead atoms. The molecule has 1 aliphatic rings. The Morgan fingerprint density at radius 3 is 2.09 bits per heavy atom. The van der Waals surface area contributed by atoms with Crippen LogP contribution in [0.4, 0.5) is 0 Å². The van der Waals surface area contributed by atoms with E-state index in [0.717, 1.165) is 4.90 Å². The summed E-state index contributed by atoms with van der Waals surface area (Å²) >= 11 is 0. The number of hydrogen-bond donors (Lipinski definition) is 2. The predicted molar refractivity (Wildman–Crippen MR) is 119 cm³/mol. The van der Waals surface area contributed by atoms with E-state index in [0.29, 0.717) is 17.5 Å². The maximum absolute atomic E-state index is 12.6. The zero-order valence-corrected chi connectivity index (χ0v) is 19.0. The van der Waals surface area contributed by atoms with Crippen molar-refractivity contribution in [1.29, 1.82) is 0 Å². The topological polar surface area (TPSA) is 147 Å². The number of likely N-dealkylation sites (N-methyl/N-ethyl adjacent to an activating group) is 1. The van der Waals surface area contributed by atoms with Gasteiger partial charge in [0.1, 0.15) is 0 Å². The molecule has 2 aromatic carbocycles. The molecule has 4 amide bonds. The second-order valence-electron chi connectivity index (χ2n) is 7.65. The van der Waals surface area contributed by atoms with Crippen LogP contribution in [-0.4, -0.2) is 68.0 Å². The summed E-state index contributed by atoms with van der Waals surface area (Å²) in [5.74, 6) is -1.89. The number of carbonyl (C=O) groups is 4. The second-order valence-corrected chi connectivity index (χ2v) is 9.37. The van der Waals surface area contributed by atoms with E-state index < -0.39 is 27.9 Å². The zero-order valence-electron chi connectivity index (χ0n) is 18.1. The molecule has 174 valence electrons. The van der Waals surface area contributed by atoms with Gasteiger partial charge < -0.3 is 10.6 Å². The lowest BCUT2D eigenvalue weighted by Gasteiger charge is -2.23. The molecule has 0 spiro atoms. The van der Waals surface area contributed by atoms with Crippen molar-refractivity contribution in [2.45, 2.75) is 24.3 Å². The molecule has 10 nitrogen and oxygen atoms in total. The van der Waals surface area contributed by atoms with Crippen LogP contribution in [0.1, 0.15) is 44.4 Å². The Hall–Kier alpha value is -3.57. The Bertz CT molecular complexity index is 1170. The van der Waals surface area contributed by atoms with Crippen LogP contribution >= 0.6 is 0 Å². The molecular formula is C22H24N4O6S. The number of imide groups is 1. The second kappa shape index (κ2) is 9.51. The Kier molecular flexibility index (Phi) is 6.94. The fraction of sp³-hybridized carbons (Fsp3) is 0.273. The highest BCUT2D eigenvalue weighted by molar-refractivity contribution is 7.89. The van der Waals surface area contributed by atoms with Crippen molar-refractivity contribution < 1.29 is 27.6 Å². The molecule has 0 aliphatic carbocycles. The van der Waals surface area contributed by atoms with Crippen molar-refractivity contribution in [3.05, 3.63) is 65.2 Å². The third kappa shape index (κ3) is 5.10. The molecule has 0 aromatic heterocycles. The summed E-state index contributed by atoms with van der Waals surface area (Å²) in [4.78, 5) is 50.9. The number of amides is 4. The summed E-state index contributed by atoms with van der Waals surface area (Å²) in [7, 11) is -2.50. The van der Waals surface area contributed by atoms with E-state index >= 15 is 0 Å². The average Bonchev–Trinajstić information content (AvgIpc) is 3.03. The third-order valence-electron chi connectivity index (χ3n) is 5.28. The van der Waals surface area contributed by atoms with Crippen LogP contribution < -0.4 is 10.5 Å². The number of carbonyl (C=O) groups excluding carboxylic acids is 4. The summed E-state index contributed by atoms with van der Waals surface area (Å²) in [5.41, 5.74) is 6.03. The fourth-order valence-corrected chi connectivity index (χ4v) is 4.70. The molecule has 3 N–H and O–H groups in total. The van der Waals surface area contributed by atoms with Crippen molar-refractivity contribution in [1.82, 2.24) is 14.5 Å². The number of rotatable bonds is 9. The van der Waals surface area contributed by atoms with Gasteiger partial charge in [0.2, 0.25) is 21.8 Å². The molecule has 3 rings (SSSR count). The first kappa shape index (κ1) is 24.1. The van der Waals surface area contributed by atoms with Crippen LogP contribution in [-0.2, 0) is 14.8 Å². The van der Waals surface area contributed by atoms with Gasteiger partial charge >= 0.3 is 0 Å². The monoisotopic (exact) mass is 472 g/mol. The molecular weight excluding hydrogens is 448 g/mol. The Labute approximate surface area is 191 Å². The molecule has 0 radical (unpaired) electrons. The van der Waals surface area contributed by atoms with Crippen LogP contribution in [0, 0.1) is 0 Å². The van der Waals surface area contributed by atoms with E-state index in [1.807, 2.05) is 0 Å². The van der Waals surface area contributed by atoms with Crippen LogP contribution in [0.25, 0.3) is 0 Å². The summed E-state index contributed by atoms with van der Waals surface area (Å²) in [6.07, 6.45) is 0.335. The van der Waals surface area contributed by atoms with Crippen LogP contribution in [0.3, 0.4) is 0 Å². The smallest absolute Gasteiger partial charge is 0.261 e. The highest BCUT2D eigenvalue weighted by Gasteiger charge is 2.34. The number of nitrogens with one attached hydrogen (secondary N) is 1. The van der Waals surface area contributed by atoms with E-state index in [1.54, 1.807) is 24.3 Å². The van der Waals surface area contributed by atoms with Gasteiger partial charge in [-0.15, -0.1) is 0 Å². The fourth-order valence-electron chi connectivity index (χ4n) is 3.50. The Morgan fingerprint density at radius 1 is 1.03 bits per heavy atom. The minimum Gasteiger partial charge on any atom is -0.366 e. The maximum atomic E-state index is 12.6. The molecule has 1 heterocycles. The molecule has 2 aromatic rings. The molecule has 0 saturated heterocycles. The molecule has 33 heavy (non-hydrogen) atoms. The number of fused-ring (bicyclic) bond motifs is 1. The minimum atomic E-state index is -4.01. The van der Waals surface area contributed by atoms with Crippen molar-refractivity contribution >= 4 is 33.7 Å². The largest absolute Gasteiger partial charge is 0.366 e. The summed E-state index contributed by atoms with van der Waals surface area (Å²) in [5, 5.41) is 0. The number of nitrogens with two attached hydrogens (primary N) is 1. The first-order valence-electron chi connectivity index (χ1n) is 10.2. The van der Waals surface area contributed by atoms with Crippen molar-refractivity contribution in [2.24, 2.45) is 5.73 Å². The number of sulfonamides is 1. The zero-order chi connectivity index (χ0) is 24.3. The molecule has 11 heteroatoms. The van der Waals surface area contributed by atoms with E-state index in [4.69, 9.17) is 5.73 Å². The van der Waals surface area contributed by atoms with E-state index in [-0.39, 0.29) is 35.4 Å². The lowest BCUT2D eigenvalue weighted by Crippen LogP contribution is -2.46. The number of benzene rings is 2. The van der Waals surface area contributed by atoms with Gasteiger partial charge in [-0.05, 0) is 49.7 Å². The maximum Gasteiger partial charge on any atom is 0.261 e. The van der Waals surface area contributed by atoms with Gasteiger partial charge in [0.25, 0.3) is 11.8 Å². The van der Waals surface area contributed by atoms with E-state index in [9.17, 15) is 27.6 Å². The van der Waals surface area contributed by atoms with Gasteiger partial charge in [0.05, 0.1) is 22.1 Å². The van der Waals surface area contributed by atoms with Gasteiger partial charge in [-0.3, -0.25) is 24.1 Å². The van der Waals surface area contributed by atoms with Gasteiger partial charge in [0.15, 0.2) is 0 Å². The van der Waals surface area contributed by atoms with E-state index in [2.05, 4.69) is 4.72 Å².